The van der Waals surface area contributed by atoms with Crippen LogP contribution in [0.5, 0.6) is 11.5 Å². The van der Waals surface area contributed by atoms with Crippen LogP contribution in [0.15, 0.2) is 36.4 Å². The molecule has 0 spiro atoms. The third-order valence-corrected chi connectivity index (χ3v) is 5.12. The maximum absolute atomic E-state index is 12.5. The van der Waals surface area contributed by atoms with Crippen molar-refractivity contribution in [2.45, 2.75) is 13.8 Å². The number of amides is 1. The first-order valence-electron chi connectivity index (χ1n) is 8.22. The Labute approximate surface area is 160 Å². The summed E-state index contributed by atoms with van der Waals surface area (Å²) in [6.45, 7) is 3.44. The molecule has 0 fully saturated rings. The number of methoxy groups -OCH3 is 2. The molecule has 146 valence electrons. The Bertz CT molecular complexity index is 941. The molecule has 27 heavy (non-hydrogen) atoms. The average Bonchev–Trinajstić information content (AvgIpc) is 2.60. The number of benzene rings is 2. The lowest BCUT2D eigenvalue weighted by molar-refractivity contribution is -0.114. The second kappa shape index (κ2) is 8.30. The summed E-state index contributed by atoms with van der Waals surface area (Å²) in [5.74, 6) is 0.312. The molecular formula is C19H24N2O5S. The molecule has 1 N–H and O–H groups in total. The number of nitrogens with zero attached hydrogens (tertiary/aromatic N) is 1. The largest absolute Gasteiger partial charge is 0.497 e. The standard InChI is InChI=1S/C19H24N2O5S/c1-13-6-8-16(14(2)10-13)20-19(22)12-21(27(5,23)24)17-11-15(25-3)7-9-18(17)26-4/h6-11H,12H2,1-5H3,(H,20,22). The number of carbonyl (C=O) groups excluding carboxylic acids is 1. The number of hydrogen-bond donors (Lipinski definition) is 1. The number of ether oxygens (including phenoxy) is 2. The van der Waals surface area contributed by atoms with Gasteiger partial charge >= 0.3 is 0 Å². The van der Waals surface area contributed by atoms with E-state index < -0.39 is 22.5 Å². The molecule has 0 saturated carbocycles. The van der Waals surface area contributed by atoms with Crippen LogP contribution in [0.2, 0.25) is 0 Å². The number of carbonyl (C=O) groups is 1. The van der Waals surface area contributed by atoms with E-state index in [1.165, 1.54) is 20.3 Å². The SMILES string of the molecule is COc1ccc(OC)c(N(CC(=O)Nc2ccc(C)cc2C)S(C)(=O)=O)c1. The van der Waals surface area contributed by atoms with Crippen molar-refractivity contribution in [3.05, 3.63) is 47.5 Å². The van der Waals surface area contributed by atoms with Gasteiger partial charge in [0.2, 0.25) is 15.9 Å². The summed E-state index contributed by atoms with van der Waals surface area (Å²) in [5.41, 5.74) is 2.84. The average molecular weight is 392 g/mol. The molecule has 0 heterocycles. The minimum Gasteiger partial charge on any atom is -0.497 e. The normalized spacial score (nSPS) is 11.0. The molecule has 2 aromatic rings. The smallest absolute Gasteiger partial charge is 0.245 e. The molecule has 0 saturated heterocycles. The molecule has 1 amide bonds. The molecule has 0 aromatic heterocycles. The van der Waals surface area contributed by atoms with E-state index >= 15 is 0 Å². The maximum Gasteiger partial charge on any atom is 0.245 e. The Balaban J connectivity index is 2.34. The number of nitrogens with one attached hydrogen (secondary N) is 1. The van der Waals surface area contributed by atoms with E-state index in [-0.39, 0.29) is 5.69 Å². The number of aryl methyl sites for hydroxylation is 2. The van der Waals surface area contributed by atoms with Crippen LogP contribution in [-0.2, 0) is 14.8 Å². The quantitative estimate of drug-likeness (QED) is 0.783. The Morgan fingerprint density at radius 1 is 1.07 bits per heavy atom. The highest BCUT2D eigenvalue weighted by Crippen LogP contribution is 2.33. The second-order valence-corrected chi connectivity index (χ2v) is 8.08. The molecule has 0 aliphatic heterocycles. The van der Waals surface area contributed by atoms with Crippen molar-refractivity contribution in [2.24, 2.45) is 0 Å². The van der Waals surface area contributed by atoms with Crippen molar-refractivity contribution in [1.82, 2.24) is 0 Å². The predicted octanol–water partition coefficient (Wildman–Crippen LogP) is 2.73. The van der Waals surface area contributed by atoms with Crippen LogP contribution in [0.1, 0.15) is 11.1 Å². The van der Waals surface area contributed by atoms with Gasteiger partial charge in [0.05, 0.1) is 26.2 Å². The van der Waals surface area contributed by atoms with Gasteiger partial charge in [-0.05, 0) is 37.6 Å². The Morgan fingerprint density at radius 2 is 1.78 bits per heavy atom. The molecule has 0 unspecified atom stereocenters. The molecule has 0 aliphatic carbocycles. The first kappa shape index (κ1) is 20.6. The molecule has 0 bridgehead atoms. The molecule has 2 aromatic carbocycles. The van der Waals surface area contributed by atoms with Gasteiger partial charge in [0.25, 0.3) is 0 Å². The van der Waals surface area contributed by atoms with Crippen molar-refractivity contribution in [2.75, 3.05) is 36.6 Å². The van der Waals surface area contributed by atoms with Crippen molar-refractivity contribution >= 4 is 27.3 Å². The van der Waals surface area contributed by atoms with E-state index in [0.717, 1.165) is 21.7 Å². The number of anilines is 2. The summed E-state index contributed by atoms with van der Waals surface area (Å²) in [4.78, 5) is 12.5. The fourth-order valence-corrected chi connectivity index (χ4v) is 3.50. The topological polar surface area (TPSA) is 84.9 Å². The minimum absolute atomic E-state index is 0.232. The van der Waals surface area contributed by atoms with Gasteiger partial charge in [-0.2, -0.15) is 0 Å². The summed E-state index contributed by atoms with van der Waals surface area (Å²) in [6.07, 6.45) is 1.04. The lowest BCUT2D eigenvalue weighted by Gasteiger charge is -2.24. The van der Waals surface area contributed by atoms with Crippen molar-refractivity contribution in [3.8, 4) is 11.5 Å². The lowest BCUT2D eigenvalue weighted by atomic mass is 10.1. The highest BCUT2D eigenvalue weighted by molar-refractivity contribution is 7.92. The minimum atomic E-state index is -3.74. The van der Waals surface area contributed by atoms with Crippen LogP contribution in [0.3, 0.4) is 0 Å². The summed E-state index contributed by atoms with van der Waals surface area (Å²) in [5, 5.41) is 2.76. The van der Waals surface area contributed by atoms with E-state index in [0.29, 0.717) is 17.2 Å². The second-order valence-electron chi connectivity index (χ2n) is 6.17. The number of sulfonamides is 1. The van der Waals surface area contributed by atoms with Gasteiger partial charge in [0.15, 0.2) is 0 Å². The summed E-state index contributed by atoms with van der Waals surface area (Å²) in [7, 11) is -0.835. The fourth-order valence-electron chi connectivity index (χ4n) is 2.65. The van der Waals surface area contributed by atoms with Gasteiger partial charge in [-0.3, -0.25) is 9.10 Å². The zero-order valence-corrected chi connectivity index (χ0v) is 16.9. The van der Waals surface area contributed by atoms with Gasteiger partial charge in [-0.1, -0.05) is 17.7 Å². The van der Waals surface area contributed by atoms with E-state index in [1.54, 1.807) is 18.2 Å². The first-order valence-corrected chi connectivity index (χ1v) is 10.1. The van der Waals surface area contributed by atoms with Gasteiger partial charge in [-0.25, -0.2) is 8.42 Å². The molecule has 0 radical (unpaired) electrons. The van der Waals surface area contributed by atoms with E-state index in [1.807, 2.05) is 26.0 Å². The predicted molar refractivity (Wildman–Crippen MR) is 106 cm³/mol. The van der Waals surface area contributed by atoms with Crippen LogP contribution < -0.4 is 19.1 Å². The fraction of sp³-hybridized carbons (Fsp3) is 0.316. The number of rotatable bonds is 7. The summed E-state index contributed by atoms with van der Waals surface area (Å²) in [6, 6.07) is 10.4. The van der Waals surface area contributed by atoms with Crippen LogP contribution in [0, 0.1) is 13.8 Å². The molecule has 2 rings (SSSR count). The van der Waals surface area contributed by atoms with Crippen molar-refractivity contribution < 1.29 is 22.7 Å². The molecule has 8 heteroatoms. The maximum atomic E-state index is 12.5. The first-order chi connectivity index (χ1) is 12.7. The summed E-state index contributed by atoms with van der Waals surface area (Å²) < 4.78 is 36.1. The Morgan fingerprint density at radius 3 is 2.33 bits per heavy atom. The zero-order valence-electron chi connectivity index (χ0n) is 16.1. The van der Waals surface area contributed by atoms with Gasteiger partial charge in [0, 0.05) is 11.8 Å². The molecular weight excluding hydrogens is 368 g/mol. The van der Waals surface area contributed by atoms with Crippen LogP contribution in [0.4, 0.5) is 11.4 Å². The number of hydrogen-bond acceptors (Lipinski definition) is 5. The van der Waals surface area contributed by atoms with Gasteiger partial charge < -0.3 is 14.8 Å². The van der Waals surface area contributed by atoms with Gasteiger partial charge in [0.1, 0.15) is 18.0 Å². The monoisotopic (exact) mass is 392 g/mol. The highest BCUT2D eigenvalue weighted by atomic mass is 32.2. The van der Waals surface area contributed by atoms with Crippen molar-refractivity contribution in [3.63, 3.8) is 0 Å². The van der Waals surface area contributed by atoms with E-state index in [9.17, 15) is 13.2 Å². The Kier molecular flexibility index (Phi) is 6.32. The molecule has 0 atom stereocenters. The third kappa shape index (κ3) is 5.13. The van der Waals surface area contributed by atoms with Crippen LogP contribution in [0.25, 0.3) is 0 Å². The van der Waals surface area contributed by atoms with E-state index in [2.05, 4.69) is 5.32 Å². The highest BCUT2D eigenvalue weighted by Gasteiger charge is 2.25. The lowest BCUT2D eigenvalue weighted by Crippen LogP contribution is -2.37. The zero-order chi connectivity index (χ0) is 20.2. The van der Waals surface area contributed by atoms with Crippen LogP contribution in [-0.4, -0.2) is 41.3 Å². The summed E-state index contributed by atoms with van der Waals surface area (Å²) >= 11 is 0. The Hall–Kier alpha value is -2.74. The van der Waals surface area contributed by atoms with E-state index in [4.69, 9.17) is 9.47 Å². The molecule has 7 nitrogen and oxygen atoms in total. The third-order valence-electron chi connectivity index (χ3n) is 4.00. The van der Waals surface area contributed by atoms with Gasteiger partial charge in [-0.15, -0.1) is 0 Å². The van der Waals surface area contributed by atoms with Crippen LogP contribution >= 0.6 is 0 Å². The van der Waals surface area contributed by atoms with Crippen molar-refractivity contribution in [1.29, 1.82) is 0 Å². The molecule has 0 aliphatic rings.